The van der Waals surface area contributed by atoms with E-state index in [4.69, 9.17) is 18.4 Å². The lowest BCUT2D eigenvalue weighted by molar-refractivity contribution is -0.128. The van der Waals surface area contributed by atoms with Crippen molar-refractivity contribution in [1.82, 2.24) is 15.0 Å². The molecule has 8 nitrogen and oxygen atoms in total. The average Bonchev–Trinajstić information content (AvgIpc) is 3.43. The number of carbonyl (C=O) groups excluding carboxylic acids is 1. The van der Waals surface area contributed by atoms with Gasteiger partial charge < -0.3 is 23.3 Å². The topological polar surface area (TPSA) is 90.8 Å². The number of hydrogen-bond donors (Lipinski definition) is 0. The molecule has 0 spiro atoms. The van der Waals surface area contributed by atoms with Gasteiger partial charge in [0.2, 0.25) is 12.7 Å². The van der Waals surface area contributed by atoms with Crippen molar-refractivity contribution >= 4 is 5.91 Å². The SMILES string of the molecule is O=C1CC(c2noc(-c3ccc4c(c3)OCO4)n2)CN1Cc1ccco1. The molecule has 26 heavy (non-hydrogen) atoms. The Hall–Kier alpha value is -3.29. The number of carbonyl (C=O) groups is 1. The molecule has 2 aliphatic rings. The Morgan fingerprint density at radius 3 is 3.00 bits per heavy atom. The number of rotatable bonds is 4. The summed E-state index contributed by atoms with van der Waals surface area (Å²) in [6.45, 7) is 1.21. The number of ether oxygens (including phenoxy) is 2. The Morgan fingerprint density at radius 1 is 1.19 bits per heavy atom. The fourth-order valence-corrected chi connectivity index (χ4v) is 3.24. The normalized spacial score (nSPS) is 18.7. The number of likely N-dealkylation sites (tertiary alicyclic amines) is 1. The minimum absolute atomic E-state index is 0.0563. The molecule has 0 N–H and O–H groups in total. The Morgan fingerprint density at radius 2 is 2.12 bits per heavy atom. The maximum atomic E-state index is 12.3. The van der Waals surface area contributed by atoms with E-state index in [1.54, 1.807) is 11.2 Å². The molecule has 1 amide bonds. The lowest BCUT2D eigenvalue weighted by Crippen LogP contribution is -2.24. The third kappa shape index (κ3) is 2.59. The molecule has 0 aliphatic carbocycles. The van der Waals surface area contributed by atoms with E-state index in [9.17, 15) is 4.79 Å². The van der Waals surface area contributed by atoms with Gasteiger partial charge >= 0.3 is 0 Å². The molecule has 2 aromatic heterocycles. The van der Waals surface area contributed by atoms with E-state index in [2.05, 4.69) is 10.1 Å². The van der Waals surface area contributed by atoms with Gasteiger partial charge in [-0.2, -0.15) is 4.98 Å². The molecule has 3 aromatic rings. The Bertz CT molecular complexity index is 950. The first-order chi connectivity index (χ1) is 12.8. The van der Waals surface area contributed by atoms with Gasteiger partial charge in [0.05, 0.1) is 12.8 Å². The van der Waals surface area contributed by atoms with E-state index in [0.717, 1.165) is 11.3 Å². The molecule has 0 saturated carbocycles. The predicted octanol–water partition coefficient (Wildman–Crippen LogP) is 2.57. The van der Waals surface area contributed by atoms with Gasteiger partial charge in [0.25, 0.3) is 5.89 Å². The van der Waals surface area contributed by atoms with Gasteiger partial charge in [0.15, 0.2) is 17.3 Å². The summed E-state index contributed by atoms with van der Waals surface area (Å²) >= 11 is 0. The van der Waals surface area contributed by atoms with Gasteiger partial charge in [0, 0.05) is 24.4 Å². The molecule has 0 bridgehead atoms. The van der Waals surface area contributed by atoms with Crippen molar-refractivity contribution in [3.05, 3.63) is 48.2 Å². The zero-order valence-corrected chi connectivity index (χ0v) is 13.8. The molecule has 1 atom stereocenters. The van der Waals surface area contributed by atoms with Gasteiger partial charge in [-0.3, -0.25) is 4.79 Å². The van der Waals surface area contributed by atoms with Crippen LogP contribution in [0.2, 0.25) is 0 Å². The predicted molar refractivity (Wildman–Crippen MR) is 87.3 cm³/mol. The van der Waals surface area contributed by atoms with Crippen LogP contribution in [0.3, 0.4) is 0 Å². The van der Waals surface area contributed by atoms with E-state index < -0.39 is 0 Å². The van der Waals surface area contributed by atoms with Crippen LogP contribution in [0.5, 0.6) is 11.5 Å². The summed E-state index contributed by atoms with van der Waals surface area (Å²) in [5, 5.41) is 4.07. The second-order valence-corrected chi connectivity index (χ2v) is 6.28. The van der Waals surface area contributed by atoms with Crippen molar-refractivity contribution in [3.63, 3.8) is 0 Å². The summed E-state index contributed by atoms with van der Waals surface area (Å²) in [5.74, 6) is 3.01. The molecule has 0 radical (unpaired) electrons. The maximum Gasteiger partial charge on any atom is 0.258 e. The summed E-state index contributed by atoms with van der Waals surface area (Å²) in [4.78, 5) is 18.5. The van der Waals surface area contributed by atoms with Gasteiger partial charge in [0.1, 0.15) is 5.76 Å². The third-order valence-electron chi connectivity index (χ3n) is 4.57. The van der Waals surface area contributed by atoms with E-state index in [1.807, 2.05) is 30.3 Å². The second kappa shape index (κ2) is 5.91. The first kappa shape index (κ1) is 15.0. The molecule has 132 valence electrons. The van der Waals surface area contributed by atoms with Gasteiger partial charge in [-0.25, -0.2) is 0 Å². The van der Waals surface area contributed by atoms with Crippen LogP contribution in [0.25, 0.3) is 11.5 Å². The monoisotopic (exact) mass is 353 g/mol. The summed E-state index contributed by atoms with van der Waals surface area (Å²) in [5.41, 5.74) is 0.754. The summed E-state index contributed by atoms with van der Waals surface area (Å²) in [6.07, 6.45) is 1.96. The van der Waals surface area contributed by atoms with Crippen molar-refractivity contribution in [2.75, 3.05) is 13.3 Å². The van der Waals surface area contributed by atoms with Gasteiger partial charge in [-0.1, -0.05) is 5.16 Å². The van der Waals surface area contributed by atoms with Crippen molar-refractivity contribution in [1.29, 1.82) is 0 Å². The molecule has 8 heteroatoms. The smallest absolute Gasteiger partial charge is 0.258 e. The van der Waals surface area contributed by atoms with Crippen LogP contribution in [0.15, 0.2) is 45.5 Å². The molecule has 1 saturated heterocycles. The van der Waals surface area contributed by atoms with E-state index in [0.29, 0.717) is 42.7 Å². The average molecular weight is 353 g/mol. The van der Waals surface area contributed by atoms with Crippen LogP contribution in [-0.2, 0) is 11.3 Å². The molecule has 4 heterocycles. The van der Waals surface area contributed by atoms with Crippen LogP contribution in [0.1, 0.15) is 23.9 Å². The number of amides is 1. The largest absolute Gasteiger partial charge is 0.467 e. The molecule has 2 aliphatic heterocycles. The first-order valence-corrected chi connectivity index (χ1v) is 8.30. The standard InChI is InChI=1S/C18H15N3O5/c22-16-7-12(8-21(16)9-13-2-1-5-23-13)17-19-18(26-20-17)11-3-4-14-15(6-11)25-10-24-14/h1-6,12H,7-10H2. The van der Waals surface area contributed by atoms with Crippen LogP contribution >= 0.6 is 0 Å². The Labute approximate surface area is 148 Å². The van der Waals surface area contributed by atoms with Crippen molar-refractivity contribution in [2.45, 2.75) is 18.9 Å². The summed E-state index contributed by atoms with van der Waals surface area (Å²) in [6, 6.07) is 9.12. The van der Waals surface area contributed by atoms with Crippen molar-refractivity contribution < 1.29 is 23.2 Å². The number of fused-ring (bicyclic) bond motifs is 1. The van der Waals surface area contributed by atoms with Crippen LogP contribution in [-0.4, -0.2) is 34.3 Å². The third-order valence-corrected chi connectivity index (χ3v) is 4.57. The van der Waals surface area contributed by atoms with Crippen molar-refractivity contribution in [2.24, 2.45) is 0 Å². The highest BCUT2D eigenvalue weighted by Gasteiger charge is 2.34. The summed E-state index contributed by atoms with van der Waals surface area (Å²) in [7, 11) is 0. The summed E-state index contributed by atoms with van der Waals surface area (Å²) < 4.78 is 21.4. The Kier molecular flexibility index (Phi) is 3.41. The lowest BCUT2D eigenvalue weighted by atomic mass is 10.1. The highest BCUT2D eigenvalue weighted by molar-refractivity contribution is 5.79. The fraction of sp³-hybridized carbons (Fsp3) is 0.278. The van der Waals surface area contributed by atoms with Crippen molar-refractivity contribution in [3.8, 4) is 23.0 Å². The maximum absolute atomic E-state index is 12.3. The number of nitrogens with zero attached hydrogens (tertiary/aromatic N) is 3. The number of furan rings is 1. The minimum atomic E-state index is -0.0935. The quantitative estimate of drug-likeness (QED) is 0.712. The highest BCUT2D eigenvalue weighted by Crippen LogP contribution is 2.36. The zero-order chi connectivity index (χ0) is 17.5. The van der Waals surface area contributed by atoms with Crippen LogP contribution in [0, 0.1) is 0 Å². The van der Waals surface area contributed by atoms with E-state index >= 15 is 0 Å². The lowest BCUT2D eigenvalue weighted by Gasteiger charge is -2.13. The van der Waals surface area contributed by atoms with E-state index in [-0.39, 0.29) is 18.6 Å². The fourth-order valence-electron chi connectivity index (χ4n) is 3.24. The molecular formula is C18H15N3O5. The Balaban J connectivity index is 1.33. The zero-order valence-electron chi connectivity index (χ0n) is 13.8. The van der Waals surface area contributed by atoms with Crippen LogP contribution in [0.4, 0.5) is 0 Å². The number of aromatic nitrogens is 2. The van der Waals surface area contributed by atoms with E-state index in [1.165, 1.54) is 0 Å². The molecule has 1 fully saturated rings. The molecule has 1 unspecified atom stereocenters. The van der Waals surface area contributed by atoms with Crippen LogP contribution < -0.4 is 9.47 Å². The minimum Gasteiger partial charge on any atom is -0.467 e. The first-order valence-electron chi connectivity index (χ1n) is 8.30. The molecule has 1 aromatic carbocycles. The number of benzene rings is 1. The van der Waals surface area contributed by atoms with Gasteiger partial charge in [-0.15, -0.1) is 0 Å². The highest BCUT2D eigenvalue weighted by atomic mass is 16.7. The molecular weight excluding hydrogens is 338 g/mol. The van der Waals surface area contributed by atoms with Gasteiger partial charge in [-0.05, 0) is 30.3 Å². The second-order valence-electron chi connectivity index (χ2n) is 6.28. The number of hydrogen-bond acceptors (Lipinski definition) is 7. The molecule has 5 rings (SSSR count).